The van der Waals surface area contributed by atoms with Crippen LogP contribution >= 0.6 is 0 Å². The van der Waals surface area contributed by atoms with E-state index in [-0.39, 0.29) is 29.3 Å². The zero-order valence-electron chi connectivity index (χ0n) is 33.6. The summed E-state index contributed by atoms with van der Waals surface area (Å²) in [4.78, 5) is 73.2. The number of ether oxygens (including phenoxy) is 2. The highest BCUT2D eigenvalue weighted by atomic mass is 19.1. The molecule has 1 aliphatic carbocycles. The maximum absolute atomic E-state index is 14.8. The van der Waals surface area contributed by atoms with Gasteiger partial charge in [0.2, 0.25) is 17.7 Å². The fraction of sp³-hybridized carbons (Fsp3) is 0.239. The second-order valence-electron chi connectivity index (χ2n) is 14.7. The number of hydrogen-bond donors (Lipinski definition) is 2. The van der Waals surface area contributed by atoms with E-state index in [4.69, 9.17) is 9.47 Å². The molecule has 6 aromatic rings. The lowest BCUT2D eigenvalue weighted by Crippen LogP contribution is -2.52. The molecule has 13 nitrogen and oxygen atoms in total. The van der Waals surface area contributed by atoms with Gasteiger partial charge in [-0.3, -0.25) is 28.3 Å². The molecule has 5 aromatic carbocycles. The van der Waals surface area contributed by atoms with Crippen LogP contribution in [0.3, 0.4) is 0 Å². The molecule has 1 fully saturated rings. The Hall–Kier alpha value is -7.22. The summed E-state index contributed by atoms with van der Waals surface area (Å²) in [5.74, 6) is -1.85. The molecule has 1 heterocycles. The average Bonchev–Trinajstić information content (AvgIpc) is 3.95. The van der Waals surface area contributed by atoms with Gasteiger partial charge in [-0.1, -0.05) is 60.7 Å². The molecule has 1 saturated carbocycles. The van der Waals surface area contributed by atoms with Crippen LogP contribution in [0.15, 0.2) is 132 Å². The third kappa shape index (κ3) is 8.48. The van der Waals surface area contributed by atoms with E-state index in [1.54, 1.807) is 76.8 Å². The van der Waals surface area contributed by atoms with E-state index in [9.17, 15) is 28.4 Å². The summed E-state index contributed by atoms with van der Waals surface area (Å²) in [6.07, 6.45) is 0.468. The van der Waals surface area contributed by atoms with Gasteiger partial charge in [0.15, 0.2) is 0 Å². The van der Waals surface area contributed by atoms with E-state index >= 15 is 0 Å². The van der Waals surface area contributed by atoms with Gasteiger partial charge in [-0.2, -0.15) is 0 Å². The van der Waals surface area contributed by atoms with Gasteiger partial charge < -0.3 is 29.9 Å². The number of halogens is 1. The summed E-state index contributed by atoms with van der Waals surface area (Å²) in [5.41, 5.74) is 0.995. The van der Waals surface area contributed by atoms with Gasteiger partial charge >= 0.3 is 5.69 Å². The Balaban J connectivity index is 1.14. The third-order valence-electron chi connectivity index (χ3n) is 11.0. The number of nitrogens with zero attached hydrogens (tertiary/aromatic N) is 4. The van der Waals surface area contributed by atoms with Crippen LogP contribution < -0.4 is 35.6 Å². The number of nitrogens with one attached hydrogen (secondary N) is 2. The molecule has 0 saturated heterocycles. The van der Waals surface area contributed by atoms with Crippen molar-refractivity contribution in [1.82, 2.24) is 19.8 Å². The van der Waals surface area contributed by atoms with Crippen LogP contribution in [0.5, 0.6) is 11.5 Å². The Morgan fingerprint density at radius 2 is 1.28 bits per heavy atom. The first-order valence-corrected chi connectivity index (χ1v) is 19.3. The van der Waals surface area contributed by atoms with Gasteiger partial charge in [-0.15, -0.1) is 0 Å². The Morgan fingerprint density at radius 3 is 1.88 bits per heavy atom. The Bertz CT molecular complexity index is 2580. The molecule has 0 spiro atoms. The number of anilines is 2. The lowest BCUT2D eigenvalue weighted by atomic mass is 10.0. The second-order valence-corrected chi connectivity index (χ2v) is 14.7. The molecule has 0 unspecified atom stereocenters. The first kappa shape index (κ1) is 41.0. The van der Waals surface area contributed by atoms with Crippen molar-refractivity contribution in [3.63, 3.8) is 0 Å². The molecule has 308 valence electrons. The van der Waals surface area contributed by atoms with E-state index in [0.29, 0.717) is 29.3 Å². The average molecular weight is 813 g/mol. The molecule has 4 amide bonds. The second kappa shape index (κ2) is 17.3. The summed E-state index contributed by atoms with van der Waals surface area (Å²) in [6.45, 7) is -1.11. The predicted molar refractivity (Wildman–Crippen MR) is 226 cm³/mol. The molecule has 1 aliphatic rings. The summed E-state index contributed by atoms with van der Waals surface area (Å²) in [6, 6.07) is 35.0. The minimum Gasteiger partial charge on any atom is -0.497 e. The van der Waals surface area contributed by atoms with E-state index in [1.807, 2.05) is 60.7 Å². The standard InChI is InChI=1S/C46H45FN6O7/c1-50(33-16-20-35(59-3)21-17-33)43(56)38(25-30-11-7-5-8-12-30)48-41(54)28-52-39-24-15-32(47)26-40(39)53(45(52)58)29-42(55)49-46(27-37(46)31-13-9-6-10-14-31)44(57)51(2)34-18-22-36(60-4)23-19-34/h5-24,26,37-38H,25,27-29H2,1-4H3,(H,48,54)(H,49,55)/t37-,38+,46-/m1/s1. The van der Waals surface area contributed by atoms with Crippen molar-refractivity contribution >= 4 is 46.0 Å². The molecule has 3 atom stereocenters. The minimum atomic E-state index is -1.33. The Labute approximate surface area is 345 Å². The SMILES string of the molecule is COc1ccc(N(C)C(=O)[C@H](Cc2ccccc2)NC(=O)Cn2c(=O)n(CC(=O)N[C@]3(C(=O)N(C)c4ccc(OC)cc4)C[C@@H]3c3ccccc3)c3cc(F)ccc32)cc1. The molecule has 7 rings (SSSR count). The lowest BCUT2D eigenvalue weighted by Gasteiger charge is -2.26. The molecular weight excluding hydrogens is 768 g/mol. The summed E-state index contributed by atoms with van der Waals surface area (Å²) < 4.78 is 27.5. The highest BCUT2D eigenvalue weighted by molar-refractivity contribution is 6.05. The highest BCUT2D eigenvalue weighted by Crippen LogP contribution is 2.53. The molecule has 14 heteroatoms. The summed E-state index contributed by atoms with van der Waals surface area (Å²) in [5, 5.41) is 5.76. The van der Waals surface area contributed by atoms with Crippen molar-refractivity contribution < 1.29 is 33.0 Å². The molecule has 1 aromatic heterocycles. The van der Waals surface area contributed by atoms with Crippen LogP contribution in [0.2, 0.25) is 0 Å². The number of carbonyl (C=O) groups excluding carboxylic acids is 4. The number of carbonyl (C=O) groups is 4. The number of amides is 4. The minimum absolute atomic E-state index is 0.0743. The number of aromatic nitrogens is 2. The van der Waals surface area contributed by atoms with Crippen LogP contribution in [0, 0.1) is 5.82 Å². The van der Waals surface area contributed by atoms with Crippen LogP contribution in [0.25, 0.3) is 11.0 Å². The monoisotopic (exact) mass is 812 g/mol. The molecule has 0 aliphatic heterocycles. The van der Waals surface area contributed by atoms with Crippen LogP contribution in [0.1, 0.15) is 23.5 Å². The van der Waals surface area contributed by atoms with E-state index in [0.717, 1.165) is 32.4 Å². The zero-order valence-corrected chi connectivity index (χ0v) is 33.6. The van der Waals surface area contributed by atoms with Crippen molar-refractivity contribution in [3.8, 4) is 11.5 Å². The van der Waals surface area contributed by atoms with Crippen molar-refractivity contribution in [2.24, 2.45) is 0 Å². The van der Waals surface area contributed by atoms with Gasteiger partial charge in [0.05, 0.1) is 25.3 Å². The molecule has 0 bridgehead atoms. The van der Waals surface area contributed by atoms with Gasteiger partial charge in [-0.05, 0) is 84.3 Å². The fourth-order valence-electron chi connectivity index (χ4n) is 7.63. The van der Waals surface area contributed by atoms with Crippen molar-refractivity contribution in [2.75, 3.05) is 38.1 Å². The van der Waals surface area contributed by atoms with Crippen LogP contribution in [-0.4, -0.2) is 72.7 Å². The van der Waals surface area contributed by atoms with Crippen LogP contribution in [0.4, 0.5) is 15.8 Å². The maximum Gasteiger partial charge on any atom is 0.330 e. The number of imidazole rings is 1. The van der Waals surface area contributed by atoms with Gasteiger partial charge in [0.1, 0.15) is 42.0 Å². The topological polar surface area (TPSA) is 144 Å². The maximum atomic E-state index is 14.8. The zero-order chi connectivity index (χ0) is 42.6. The quantitative estimate of drug-likeness (QED) is 0.148. The van der Waals surface area contributed by atoms with Gasteiger partial charge in [0.25, 0.3) is 5.91 Å². The van der Waals surface area contributed by atoms with Gasteiger partial charge in [0, 0.05) is 37.8 Å². The fourth-order valence-corrected chi connectivity index (χ4v) is 7.63. The van der Waals surface area contributed by atoms with Crippen molar-refractivity contribution in [2.45, 2.75) is 43.4 Å². The van der Waals surface area contributed by atoms with E-state index in [2.05, 4.69) is 10.6 Å². The number of hydrogen-bond acceptors (Lipinski definition) is 7. The summed E-state index contributed by atoms with van der Waals surface area (Å²) >= 11 is 0. The third-order valence-corrected chi connectivity index (χ3v) is 11.0. The molecule has 0 radical (unpaired) electrons. The summed E-state index contributed by atoms with van der Waals surface area (Å²) in [7, 11) is 6.32. The predicted octanol–water partition coefficient (Wildman–Crippen LogP) is 5.06. The van der Waals surface area contributed by atoms with Crippen molar-refractivity contribution in [1.29, 1.82) is 0 Å². The van der Waals surface area contributed by atoms with Crippen LogP contribution in [-0.2, 0) is 38.7 Å². The number of fused-ring (bicyclic) bond motifs is 1. The number of rotatable bonds is 15. The normalized spacial score (nSPS) is 16.1. The highest BCUT2D eigenvalue weighted by Gasteiger charge is 2.62. The van der Waals surface area contributed by atoms with Gasteiger partial charge in [-0.25, -0.2) is 9.18 Å². The number of methoxy groups -OCH3 is 2. The Morgan fingerprint density at radius 1 is 0.733 bits per heavy atom. The molecular formula is C46H45FN6O7. The molecule has 2 N–H and O–H groups in total. The Kier molecular flexibility index (Phi) is 11.8. The first-order chi connectivity index (χ1) is 28.9. The lowest BCUT2D eigenvalue weighted by molar-refractivity contribution is -0.128. The van der Waals surface area contributed by atoms with E-state index in [1.165, 1.54) is 15.9 Å². The van der Waals surface area contributed by atoms with E-state index < -0.39 is 53.9 Å². The first-order valence-electron chi connectivity index (χ1n) is 19.3. The molecule has 60 heavy (non-hydrogen) atoms. The van der Waals surface area contributed by atoms with Crippen molar-refractivity contribution in [3.05, 3.63) is 155 Å². The number of benzene rings is 5. The number of likely N-dealkylation sites (N-methyl/N-ethyl adjacent to an activating group) is 2. The largest absolute Gasteiger partial charge is 0.497 e. The smallest absolute Gasteiger partial charge is 0.330 e.